The Balaban J connectivity index is 2.36. The molecular formula is C14H18BrClO. The Kier molecular flexibility index (Phi) is 3.86. The van der Waals surface area contributed by atoms with Crippen LogP contribution in [-0.4, -0.2) is 12.2 Å². The van der Waals surface area contributed by atoms with Gasteiger partial charge in [0.05, 0.1) is 10.4 Å². The molecule has 0 saturated carbocycles. The minimum Gasteiger partial charge on any atom is -0.374 e. The van der Waals surface area contributed by atoms with E-state index in [1.807, 2.05) is 13.0 Å². The van der Waals surface area contributed by atoms with Crippen molar-refractivity contribution < 1.29 is 4.74 Å². The Morgan fingerprint density at radius 2 is 2.06 bits per heavy atom. The summed E-state index contributed by atoms with van der Waals surface area (Å²) in [6, 6.07) is 4.21. The summed E-state index contributed by atoms with van der Waals surface area (Å²) >= 11 is 9.95. The molecule has 2 unspecified atom stereocenters. The molecule has 1 fully saturated rings. The van der Waals surface area contributed by atoms with Crippen LogP contribution in [0.5, 0.6) is 0 Å². The zero-order valence-electron chi connectivity index (χ0n) is 10.5. The van der Waals surface area contributed by atoms with Crippen LogP contribution in [0.4, 0.5) is 0 Å². The summed E-state index contributed by atoms with van der Waals surface area (Å²) in [7, 11) is 0. The SMILES string of the molecule is Cc1cc(C(Br)C2(C)CCCO2)c(C)cc1Cl. The fraction of sp³-hybridized carbons (Fsp3) is 0.571. The van der Waals surface area contributed by atoms with Gasteiger partial charge in [-0.3, -0.25) is 0 Å². The van der Waals surface area contributed by atoms with E-state index in [1.165, 1.54) is 11.1 Å². The summed E-state index contributed by atoms with van der Waals surface area (Å²) in [5.74, 6) is 0. The van der Waals surface area contributed by atoms with E-state index in [0.29, 0.717) is 0 Å². The first-order valence-electron chi connectivity index (χ1n) is 5.99. The fourth-order valence-corrected chi connectivity index (χ4v) is 3.48. The van der Waals surface area contributed by atoms with E-state index >= 15 is 0 Å². The van der Waals surface area contributed by atoms with Gasteiger partial charge in [0.1, 0.15) is 0 Å². The van der Waals surface area contributed by atoms with E-state index in [9.17, 15) is 0 Å². The normalized spacial score (nSPS) is 26.2. The Morgan fingerprint density at radius 1 is 1.35 bits per heavy atom. The zero-order chi connectivity index (χ0) is 12.6. The summed E-state index contributed by atoms with van der Waals surface area (Å²) in [6.45, 7) is 7.20. The van der Waals surface area contributed by atoms with E-state index in [2.05, 4.69) is 35.8 Å². The Bertz CT molecular complexity index is 424. The smallest absolute Gasteiger partial charge is 0.0820 e. The molecule has 0 aliphatic carbocycles. The van der Waals surface area contributed by atoms with Crippen molar-refractivity contribution in [3.8, 4) is 0 Å². The average Bonchev–Trinajstić information content (AvgIpc) is 2.71. The maximum absolute atomic E-state index is 6.14. The van der Waals surface area contributed by atoms with Gasteiger partial charge in [-0.15, -0.1) is 0 Å². The molecule has 0 amide bonds. The molecule has 0 N–H and O–H groups in total. The number of rotatable bonds is 2. The molecule has 1 heterocycles. The second kappa shape index (κ2) is 4.91. The summed E-state index contributed by atoms with van der Waals surface area (Å²) in [6.07, 6.45) is 2.24. The highest BCUT2D eigenvalue weighted by Gasteiger charge is 2.38. The van der Waals surface area contributed by atoms with Gasteiger partial charge in [0.15, 0.2) is 0 Å². The molecule has 1 aromatic carbocycles. The lowest BCUT2D eigenvalue weighted by atomic mass is 9.90. The number of ether oxygens (including phenoxy) is 1. The second-order valence-electron chi connectivity index (χ2n) is 5.09. The summed E-state index contributed by atoms with van der Waals surface area (Å²) in [5, 5.41) is 0.837. The molecule has 17 heavy (non-hydrogen) atoms. The summed E-state index contributed by atoms with van der Waals surface area (Å²) < 4.78 is 5.90. The quantitative estimate of drug-likeness (QED) is 0.700. The van der Waals surface area contributed by atoms with Crippen LogP contribution in [0.3, 0.4) is 0 Å². The van der Waals surface area contributed by atoms with Crippen LogP contribution in [0.1, 0.15) is 41.3 Å². The molecule has 1 aromatic rings. The summed E-state index contributed by atoms with van der Waals surface area (Å²) in [4.78, 5) is 0.230. The maximum atomic E-state index is 6.14. The lowest BCUT2D eigenvalue weighted by molar-refractivity contribution is 0.0196. The van der Waals surface area contributed by atoms with Gasteiger partial charge in [0.2, 0.25) is 0 Å². The van der Waals surface area contributed by atoms with Gasteiger partial charge in [0, 0.05) is 11.6 Å². The highest BCUT2D eigenvalue weighted by Crippen LogP contribution is 2.44. The molecule has 1 aliphatic heterocycles. The van der Waals surface area contributed by atoms with Crippen LogP contribution in [0, 0.1) is 13.8 Å². The van der Waals surface area contributed by atoms with Crippen molar-refractivity contribution in [2.24, 2.45) is 0 Å². The molecule has 2 atom stereocenters. The van der Waals surface area contributed by atoms with Gasteiger partial charge < -0.3 is 4.74 Å². The minimum atomic E-state index is -0.0922. The number of alkyl halides is 1. The minimum absolute atomic E-state index is 0.0922. The molecule has 0 radical (unpaired) electrons. The molecule has 1 nitrogen and oxygen atoms in total. The third-order valence-corrected chi connectivity index (χ3v) is 5.47. The van der Waals surface area contributed by atoms with Gasteiger partial charge in [0.25, 0.3) is 0 Å². The van der Waals surface area contributed by atoms with Crippen LogP contribution < -0.4 is 0 Å². The van der Waals surface area contributed by atoms with E-state index in [-0.39, 0.29) is 10.4 Å². The standard InChI is InChI=1S/C14H18BrClO/c1-9-8-12(16)10(2)7-11(9)13(15)14(3)5-4-6-17-14/h7-8,13H,4-6H2,1-3H3. The van der Waals surface area contributed by atoms with Crippen molar-refractivity contribution in [3.63, 3.8) is 0 Å². The highest BCUT2D eigenvalue weighted by molar-refractivity contribution is 9.09. The van der Waals surface area contributed by atoms with E-state index in [1.54, 1.807) is 0 Å². The molecule has 1 saturated heterocycles. The largest absolute Gasteiger partial charge is 0.374 e. The number of halogens is 2. The number of hydrogen-bond acceptors (Lipinski definition) is 1. The predicted molar refractivity (Wildman–Crippen MR) is 76.2 cm³/mol. The molecule has 2 rings (SSSR count). The van der Waals surface area contributed by atoms with Crippen molar-refractivity contribution in [1.29, 1.82) is 0 Å². The van der Waals surface area contributed by atoms with Gasteiger partial charge in [-0.1, -0.05) is 33.6 Å². The first-order valence-corrected chi connectivity index (χ1v) is 7.28. The van der Waals surface area contributed by atoms with E-state index in [0.717, 1.165) is 30.0 Å². The Labute approximate surface area is 117 Å². The van der Waals surface area contributed by atoms with Crippen molar-refractivity contribution in [2.75, 3.05) is 6.61 Å². The average molecular weight is 318 g/mol. The Hall–Kier alpha value is -0.0500. The number of benzene rings is 1. The number of aryl methyl sites for hydroxylation is 2. The van der Waals surface area contributed by atoms with E-state index in [4.69, 9.17) is 16.3 Å². The van der Waals surface area contributed by atoms with Crippen LogP contribution in [0.25, 0.3) is 0 Å². The third-order valence-electron chi connectivity index (χ3n) is 3.61. The third kappa shape index (κ3) is 2.54. The Morgan fingerprint density at radius 3 is 2.65 bits per heavy atom. The van der Waals surface area contributed by atoms with Crippen molar-refractivity contribution in [1.82, 2.24) is 0 Å². The predicted octanol–water partition coefficient (Wildman–Crippen LogP) is 4.96. The van der Waals surface area contributed by atoms with Crippen molar-refractivity contribution in [3.05, 3.63) is 33.8 Å². The molecule has 0 spiro atoms. The lowest BCUT2D eigenvalue weighted by Gasteiger charge is -2.30. The van der Waals surface area contributed by atoms with E-state index < -0.39 is 0 Å². The van der Waals surface area contributed by atoms with Crippen LogP contribution in [-0.2, 0) is 4.74 Å². The summed E-state index contributed by atoms with van der Waals surface area (Å²) in [5.41, 5.74) is 3.54. The molecule has 0 aromatic heterocycles. The molecule has 94 valence electrons. The monoisotopic (exact) mass is 316 g/mol. The van der Waals surface area contributed by atoms with Crippen molar-refractivity contribution >= 4 is 27.5 Å². The first kappa shape index (κ1) is 13.4. The van der Waals surface area contributed by atoms with Crippen LogP contribution in [0.15, 0.2) is 12.1 Å². The maximum Gasteiger partial charge on any atom is 0.0820 e. The van der Waals surface area contributed by atoms with Crippen LogP contribution in [0.2, 0.25) is 5.02 Å². The molecular weight excluding hydrogens is 300 g/mol. The lowest BCUT2D eigenvalue weighted by Crippen LogP contribution is -2.29. The van der Waals surface area contributed by atoms with Gasteiger partial charge in [-0.2, -0.15) is 0 Å². The number of hydrogen-bond donors (Lipinski definition) is 0. The molecule has 0 bridgehead atoms. The van der Waals surface area contributed by atoms with Gasteiger partial charge in [-0.05, 0) is 56.4 Å². The second-order valence-corrected chi connectivity index (χ2v) is 6.41. The molecule has 1 aliphatic rings. The topological polar surface area (TPSA) is 9.23 Å². The van der Waals surface area contributed by atoms with Gasteiger partial charge in [-0.25, -0.2) is 0 Å². The van der Waals surface area contributed by atoms with Gasteiger partial charge >= 0.3 is 0 Å². The highest BCUT2D eigenvalue weighted by atomic mass is 79.9. The van der Waals surface area contributed by atoms with Crippen LogP contribution >= 0.6 is 27.5 Å². The first-order chi connectivity index (χ1) is 7.94. The fourth-order valence-electron chi connectivity index (χ4n) is 2.41. The van der Waals surface area contributed by atoms with Crippen molar-refractivity contribution in [2.45, 2.75) is 44.0 Å². The molecule has 3 heteroatoms. The zero-order valence-corrected chi connectivity index (χ0v) is 12.9.